The van der Waals surface area contributed by atoms with Crippen LogP contribution in [-0.2, 0) is 6.54 Å². The molecule has 0 aliphatic rings. The average Bonchev–Trinajstić information content (AvgIpc) is 2.35. The minimum absolute atomic E-state index is 0.236. The molecule has 1 aromatic heterocycles. The van der Waals surface area contributed by atoms with E-state index >= 15 is 0 Å². The van der Waals surface area contributed by atoms with Crippen LogP contribution in [0.1, 0.15) is 46.2 Å². The van der Waals surface area contributed by atoms with Crippen LogP contribution in [-0.4, -0.2) is 28.1 Å². The second-order valence-electron chi connectivity index (χ2n) is 6.15. The van der Waals surface area contributed by atoms with Crippen LogP contribution in [0, 0.1) is 11.8 Å². The van der Waals surface area contributed by atoms with Crippen LogP contribution < -0.4 is 0 Å². The Hall–Kier alpha value is -1.09. The summed E-state index contributed by atoms with van der Waals surface area (Å²) in [7, 11) is 0. The van der Waals surface area contributed by atoms with Gasteiger partial charge in [0.2, 0.25) is 0 Å². The second kappa shape index (κ2) is 8.16. The van der Waals surface area contributed by atoms with Gasteiger partial charge < -0.3 is 5.11 Å². The molecule has 0 saturated heterocycles. The molecule has 0 atom stereocenters. The number of aromatic hydroxyl groups is 1. The summed E-state index contributed by atoms with van der Waals surface area (Å²) >= 11 is 0. The van der Waals surface area contributed by atoms with Gasteiger partial charge in [-0.05, 0) is 49.9 Å². The van der Waals surface area contributed by atoms with E-state index in [0.717, 1.165) is 37.2 Å². The number of pyridine rings is 1. The van der Waals surface area contributed by atoms with Crippen molar-refractivity contribution in [2.45, 2.75) is 47.1 Å². The predicted octanol–water partition coefficient (Wildman–Crippen LogP) is 3.68. The second-order valence-corrected chi connectivity index (χ2v) is 6.15. The van der Waals surface area contributed by atoms with Crippen LogP contribution in [0.15, 0.2) is 18.3 Å². The number of rotatable bonds is 8. The molecule has 0 aromatic carbocycles. The highest BCUT2D eigenvalue weighted by Crippen LogP contribution is 2.12. The summed E-state index contributed by atoms with van der Waals surface area (Å²) in [4.78, 5) is 6.75. The van der Waals surface area contributed by atoms with Crippen LogP contribution in [0.2, 0.25) is 0 Å². The number of nitrogens with zero attached hydrogens (tertiary/aromatic N) is 2. The molecule has 108 valence electrons. The van der Waals surface area contributed by atoms with Crippen LogP contribution in [0.25, 0.3) is 0 Å². The Morgan fingerprint density at radius 1 is 1.05 bits per heavy atom. The molecule has 0 unspecified atom stereocenters. The lowest BCUT2D eigenvalue weighted by Gasteiger charge is -2.23. The smallest absolute Gasteiger partial charge is 0.133 e. The summed E-state index contributed by atoms with van der Waals surface area (Å²) < 4.78 is 0. The van der Waals surface area contributed by atoms with E-state index in [4.69, 9.17) is 0 Å². The molecule has 19 heavy (non-hydrogen) atoms. The van der Waals surface area contributed by atoms with Gasteiger partial charge in [0.15, 0.2) is 0 Å². The fraction of sp³-hybridized carbons (Fsp3) is 0.688. The molecule has 3 heteroatoms. The lowest BCUT2D eigenvalue weighted by molar-refractivity contribution is 0.233. The van der Waals surface area contributed by atoms with Gasteiger partial charge in [0.05, 0.1) is 11.9 Å². The SMILES string of the molecule is CC(C)CCN(CCC(C)C)Cc1ccc(O)cn1. The van der Waals surface area contributed by atoms with Crippen LogP contribution in [0.4, 0.5) is 0 Å². The van der Waals surface area contributed by atoms with E-state index in [2.05, 4.69) is 37.6 Å². The maximum atomic E-state index is 9.27. The van der Waals surface area contributed by atoms with Crippen molar-refractivity contribution in [1.82, 2.24) is 9.88 Å². The summed E-state index contributed by atoms with van der Waals surface area (Å²) in [6, 6.07) is 3.62. The van der Waals surface area contributed by atoms with Gasteiger partial charge in [-0.1, -0.05) is 27.7 Å². The summed E-state index contributed by atoms with van der Waals surface area (Å²) in [6.07, 6.45) is 3.96. The van der Waals surface area contributed by atoms with E-state index in [1.54, 1.807) is 6.07 Å². The number of hydrogen-bond acceptors (Lipinski definition) is 3. The van der Waals surface area contributed by atoms with Gasteiger partial charge in [0.1, 0.15) is 5.75 Å². The first-order chi connectivity index (χ1) is 8.97. The maximum Gasteiger partial charge on any atom is 0.133 e. The molecule has 3 nitrogen and oxygen atoms in total. The first kappa shape index (κ1) is 16.0. The molecular weight excluding hydrogens is 236 g/mol. The van der Waals surface area contributed by atoms with Gasteiger partial charge >= 0.3 is 0 Å². The molecule has 0 amide bonds. The van der Waals surface area contributed by atoms with Crippen LogP contribution >= 0.6 is 0 Å². The Morgan fingerprint density at radius 2 is 1.63 bits per heavy atom. The van der Waals surface area contributed by atoms with Gasteiger partial charge in [-0.2, -0.15) is 0 Å². The zero-order valence-electron chi connectivity index (χ0n) is 12.8. The van der Waals surface area contributed by atoms with Crippen molar-refractivity contribution < 1.29 is 5.11 Å². The Labute approximate surface area is 117 Å². The molecule has 0 aliphatic carbocycles. The highest BCUT2D eigenvalue weighted by atomic mass is 16.3. The van der Waals surface area contributed by atoms with E-state index in [0.29, 0.717) is 0 Å². The fourth-order valence-corrected chi connectivity index (χ4v) is 1.89. The molecule has 0 saturated carbocycles. The molecule has 0 spiro atoms. The van der Waals surface area contributed by atoms with E-state index in [9.17, 15) is 5.11 Å². The zero-order chi connectivity index (χ0) is 14.3. The molecule has 0 fully saturated rings. The van der Waals surface area contributed by atoms with Gasteiger partial charge in [-0.15, -0.1) is 0 Å². The Bertz CT molecular complexity index is 334. The van der Waals surface area contributed by atoms with Crippen molar-refractivity contribution in [3.63, 3.8) is 0 Å². The van der Waals surface area contributed by atoms with E-state index in [-0.39, 0.29) is 5.75 Å². The quantitative estimate of drug-likeness (QED) is 0.778. The average molecular weight is 264 g/mol. The van der Waals surface area contributed by atoms with Gasteiger partial charge in [0.25, 0.3) is 0 Å². The van der Waals surface area contributed by atoms with Gasteiger partial charge in [0, 0.05) is 6.54 Å². The molecule has 1 aromatic rings. The standard InChI is InChI=1S/C16H28N2O/c1-13(2)7-9-18(10-8-14(3)4)12-15-5-6-16(19)11-17-15/h5-6,11,13-14,19H,7-10,12H2,1-4H3. The third kappa shape index (κ3) is 7.16. The lowest BCUT2D eigenvalue weighted by Crippen LogP contribution is -2.27. The monoisotopic (exact) mass is 264 g/mol. The first-order valence-electron chi connectivity index (χ1n) is 7.33. The Kier molecular flexibility index (Phi) is 6.85. The molecular formula is C16H28N2O. The summed E-state index contributed by atoms with van der Waals surface area (Å²) in [5.41, 5.74) is 1.03. The van der Waals surface area contributed by atoms with E-state index in [1.165, 1.54) is 19.0 Å². The molecule has 0 radical (unpaired) electrons. The molecule has 1 N–H and O–H groups in total. The molecule has 0 aliphatic heterocycles. The zero-order valence-corrected chi connectivity index (χ0v) is 12.8. The van der Waals surface area contributed by atoms with Crippen molar-refractivity contribution in [2.24, 2.45) is 11.8 Å². The van der Waals surface area contributed by atoms with Crippen LogP contribution in [0.3, 0.4) is 0 Å². The maximum absolute atomic E-state index is 9.27. The predicted molar refractivity (Wildman–Crippen MR) is 80.1 cm³/mol. The van der Waals surface area contributed by atoms with Crippen molar-refractivity contribution >= 4 is 0 Å². The minimum atomic E-state index is 0.236. The van der Waals surface area contributed by atoms with Crippen molar-refractivity contribution in [1.29, 1.82) is 0 Å². The summed E-state index contributed by atoms with van der Waals surface area (Å²) in [6.45, 7) is 12.2. The topological polar surface area (TPSA) is 36.4 Å². The molecule has 1 rings (SSSR count). The summed E-state index contributed by atoms with van der Waals surface area (Å²) in [5, 5.41) is 9.27. The van der Waals surface area contributed by atoms with Crippen LogP contribution in [0.5, 0.6) is 5.75 Å². The van der Waals surface area contributed by atoms with E-state index < -0.39 is 0 Å². The van der Waals surface area contributed by atoms with Crippen molar-refractivity contribution in [3.8, 4) is 5.75 Å². The normalized spacial score (nSPS) is 11.7. The third-order valence-electron chi connectivity index (χ3n) is 3.24. The van der Waals surface area contributed by atoms with Crippen molar-refractivity contribution in [2.75, 3.05) is 13.1 Å². The minimum Gasteiger partial charge on any atom is -0.506 e. The third-order valence-corrected chi connectivity index (χ3v) is 3.24. The largest absolute Gasteiger partial charge is 0.506 e. The molecule has 0 bridgehead atoms. The molecule has 1 heterocycles. The Morgan fingerprint density at radius 3 is 2.05 bits per heavy atom. The fourth-order valence-electron chi connectivity index (χ4n) is 1.89. The highest BCUT2D eigenvalue weighted by molar-refractivity contribution is 5.17. The summed E-state index contributed by atoms with van der Waals surface area (Å²) in [5.74, 6) is 1.70. The number of aromatic nitrogens is 1. The van der Waals surface area contributed by atoms with Crippen molar-refractivity contribution in [3.05, 3.63) is 24.0 Å². The first-order valence-corrected chi connectivity index (χ1v) is 7.33. The Balaban J connectivity index is 2.53. The highest BCUT2D eigenvalue weighted by Gasteiger charge is 2.09. The van der Waals surface area contributed by atoms with Gasteiger partial charge in [-0.3, -0.25) is 9.88 Å². The number of hydrogen-bond donors (Lipinski definition) is 1. The van der Waals surface area contributed by atoms with E-state index in [1.807, 2.05) is 6.07 Å². The lowest BCUT2D eigenvalue weighted by atomic mass is 10.1. The van der Waals surface area contributed by atoms with Gasteiger partial charge in [-0.25, -0.2) is 0 Å².